The summed E-state index contributed by atoms with van der Waals surface area (Å²) in [5.41, 5.74) is 0.444. The molecule has 12 heteroatoms. The van der Waals surface area contributed by atoms with E-state index in [0.717, 1.165) is 15.9 Å². The summed E-state index contributed by atoms with van der Waals surface area (Å²) in [5, 5.41) is 4.26. The predicted molar refractivity (Wildman–Crippen MR) is 112 cm³/mol. The second-order valence-corrected chi connectivity index (χ2v) is 9.46. The molecule has 1 N–H and O–H groups in total. The number of hydrogen-bond acceptors (Lipinski definition) is 6. The lowest BCUT2D eigenvalue weighted by atomic mass is 10.3. The minimum atomic E-state index is -3.63. The van der Waals surface area contributed by atoms with E-state index in [4.69, 9.17) is 4.74 Å². The first-order valence-electron chi connectivity index (χ1n) is 9.11. The van der Waals surface area contributed by atoms with E-state index in [9.17, 15) is 22.0 Å². The third-order valence-electron chi connectivity index (χ3n) is 4.31. The van der Waals surface area contributed by atoms with Gasteiger partial charge in [-0.15, -0.1) is 11.3 Å². The first kappa shape index (κ1) is 22.7. The fraction of sp³-hybridized carbons (Fsp3) is 0.263. The van der Waals surface area contributed by atoms with E-state index in [0.29, 0.717) is 11.4 Å². The molecule has 0 fully saturated rings. The first-order valence-corrected chi connectivity index (χ1v) is 11.4. The molecule has 0 aliphatic heterocycles. The molecule has 1 aromatic carbocycles. The number of aromatic nitrogens is 2. The van der Waals surface area contributed by atoms with Gasteiger partial charge in [0.1, 0.15) is 15.8 Å². The van der Waals surface area contributed by atoms with Crippen LogP contribution >= 0.6 is 11.3 Å². The Labute approximate surface area is 182 Å². The van der Waals surface area contributed by atoms with E-state index in [2.05, 4.69) is 10.3 Å². The summed E-state index contributed by atoms with van der Waals surface area (Å²) < 4.78 is 58.1. The average Bonchev–Trinajstić information content (AvgIpc) is 3.44. The summed E-state index contributed by atoms with van der Waals surface area (Å²) in [6.45, 7) is -2.82. The standard InChI is InChI=1S/C19H20F2N4O4S2/c1-24(31(27,28)18-3-2-12-30-18)14-4-6-15(7-5-14)29-13-17(26)23-9-8-16-22-10-11-25(16)19(20)21/h2-7,10-12,19H,8-9,13H2,1H3,(H,23,26). The van der Waals surface area contributed by atoms with Gasteiger partial charge in [-0.1, -0.05) is 6.07 Å². The molecule has 166 valence electrons. The monoisotopic (exact) mass is 470 g/mol. The van der Waals surface area contributed by atoms with E-state index in [1.54, 1.807) is 35.7 Å². The predicted octanol–water partition coefficient (Wildman–Crippen LogP) is 2.90. The summed E-state index contributed by atoms with van der Waals surface area (Å²) in [7, 11) is -2.18. The van der Waals surface area contributed by atoms with Crippen molar-refractivity contribution in [3.8, 4) is 5.75 Å². The molecule has 2 aromatic heterocycles. The van der Waals surface area contributed by atoms with Gasteiger partial charge in [-0.3, -0.25) is 13.7 Å². The number of sulfonamides is 1. The molecule has 0 saturated heterocycles. The van der Waals surface area contributed by atoms with Gasteiger partial charge < -0.3 is 10.1 Å². The maximum absolute atomic E-state index is 12.7. The van der Waals surface area contributed by atoms with Gasteiger partial charge in [0, 0.05) is 32.4 Å². The molecule has 2 heterocycles. The van der Waals surface area contributed by atoms with Crippen LogP contribution < -0.4 is 14.4 Å². The number of hydrogen-bond donors (Lipinski definition) is 1. The van der Waals surface area contributed by atoms with Crippen LogP contribution in [0.5, 0.6) is 5.75 Å². The summed E-state index contributed by atoms with van der Waals surface area (Å²) in [6, 6.07) is 9.46. The Morgan fingerprint density at radius 2 is 2.03 bits per heavy atom. The van der Waals surface area contributed by atoms with Crippen molar-refractivity contribution in [1.82, 2.24) is 14.9 Å². The third kappa shape index (κ3) is 5.58. The van der Waals surface area contributed by atoms with Crippen molar-refractivity contribution in [2.24, 2.45) is 0 Å². The van der Waals surface area contributed by atoms with Gasteiger partial charge >= 0.3 is 6.55 Å². The summed E-state index contributed by atoms with van der Waals surface area (Å²) in [5.74, 6) is 0.138. The van der Waals surface area contributed by atoms with Crippen LogP contribution in [0.4, 0.5) is 14.5 Å². The molecule has 8 nitrogen and oxygen atoms in total. The first-order chi connectivity index (χ1) is 14.8. The molecule has 0 unspecified atom stereocenters. The quantitative estimate of drug-likeness (QED) is 0.492. The van der Waals surface area contributed by atoms with Crippen LogP contribution in [0.1, 0.15) is 12.4 Å². The van der Waals surface area contributed by atoms with Gasteiger partial charge in [0.15, 0.2) is 6.61 Å². The van der Waals surface area contributed by atoms with Crippen LogP contribution in [-0.2, 0) is 21.2 Å². The molecule has 3 rings (SSSR count). The average molecular weight is 471 g/mol. The van der Waals surface area contributed by atoms with Gasteiger partial charge in [0.05, 0.1) is 5.69 Å². The number of benzene rings is 1. The minimum Gasteiger partial charge on any atom is -0.484 e. The van der Waals surface area contributed by atoms with Crippen molar-refractivity contribution in [2.45, 2.75) is 17.2 Å². The number of ether oxygens (including phenoxy) is 1. The number of amides is 1. The Morgan fingerprint density at radius 3 is 2.68 bits per heavy atom. The Balaban J connectivity index is 1.48. The lowest BCUT2D eigenvalue weighted by molar-refractivity contribution is -0.123. The maximum Gasteiger partial charge on any atom is 0.319 e. The van der Waals surface area contributed by atoms with E-state index in [1.807, 2.05) is 0 Å². The summed E-state index contributed by atoms with van der Waals surface area (Å²) >= 11 is 1.13. The third-order valence-corrected chi connectivity index (χ3v) is 7.47. The number of halogens is 2. The SMILES string of the molecule is CN(c1ccc(OCC(=O)NCCc2nccn2C(F)F)cc1)S(=O)(=O)c1cccs1. The number of anilines is 1. The number of carbonyl (C=O) groups is 1. The highest BCUT2D eigenvalue weighted by Gasteiger charge is 2.22. The Kier molecular flexibility index (Phi) is 7.23. The zero-order chi connectivity index (χ0) is 22.4. The van der Waals surface area contributed by atoms with Gasteiger partial charge in [-0.05, 0) is 35.7 Å². The number of imidazole rings is 1. The van der Waals surface area contributed by atoms with Crippen LogP contribution in [0.25, 0.3) is 0 Å². The van der Waals surface area contributed by atoms with Gasteiger partial charge in [0.2, 0.25) is 0 Å². The second-order valence-electron chi connectivity index (χ2n) is 6.32. The van der Waals surface area contributed by atoms with Crippen molar-refractivity contribution in [3.63, 3.8) is 0 Å². The van der Waals surface area contributed by atoms with Crippen LogP contribution in [0.3, 0.4) is 0 Å². The molecule has 0 spiro atoms. The van der Waals surface area contributed by atoms with Crippen molar-refractivity contribution in [3.05, 3.63) is 60.0 Å². The van der Waals surface area contributed by atoms with Gasteiger partial charge in [0.25, 0.3) is 15.9 Å². The number of carbonyl (C=O) groups excluding carboxylic acids is 1. The van der Waals surface area contributed by atoms with Gasteiger partial charge in [-0.2, -0.15) is 8.78 Å². The number of nitrogens with one attached hydrogen (secondary N) is 1. The molecule has 0 aliphatic rings. The molecular formula is C19H20F2N4O4S2. The van der Waals surface area contributed by atoms with Crippen molar-refractivity contribution >= 4 is 33.0 Å². The molecular weight excluding hydrogens is 450 g/mol. The van der Waals surface area contributed by atoms with Crippen LogP contribution in [0.2, 0.25) is 0 Å². The fourth-order valence-electron chi connectivity index (χ4n) is 2.67. The van der Waals surface area contributed by atoms with Gasteiger partial charge in [-0.25, -0.2) is 13.4 Å². The molecule has 3 aromatic rings. The molecule has 0 aliphatic carbocycles. The van der Waals surface area contributed by atoms with Crippen molar-refractivity contribution < 1.29 is 26.7 Å². The molecule has 0 saturated carbocycles. The molecule has 0 atom stereocenters. The second kappa shape index (κ2) is 9.88. The number of nitrogens with zero attached hydrogens (tertiary/aromatic N) is 3. The largest absolute Gasteiger partial charge is 0.484 e. The zero-order valence-electron chi connectivity index (χ0n) is 16.4. The number of rotatable bonds is 10. The highest BCUT2D eigenvalue weighted by atomic mass is 32.2. The van der Waals surface area contributed by atoms with E-state index in [-0.39, 0.29) is 29.6 Å². The number of alkyl halides is 2. The normalized spacial score (nSPS) is 11.5. The van der Waals surface area contributed by atoms with Crippen molar-refractivity contribution in [2.75, 3.05) is 24.5 Å². The summed E-state index contributed by atoms with van der Waals surface area (Å²) in [4.78, 5) is 15.7. The highest BCUT2D eigenvalue weighted by molar-refractivity contribution is 7.94. The van der Waals surface area contributed by atoms with E-state index in [1.165, 1.54) is 29.8 Å². The minimum absolute atomic E-state index is 0.135. The number of thiophene rings is 1. The Hall–Kier alpha value is -2.99. The lowest BCUT2D eigenvalue weighted by Gasteiger charge is -2.18. The Morgan fingerprint density at radius 1 is 1.29 bits per heavy atom. The Bertz CT molecular complexity index is 1100. The topological polar surface area (TPSA) is 93.5 Å². The molecule has 1 amide bonds. The smallest absolute Gasteiger partial charge is 0.319 e. The van der Waals surface area contributed by atoms with Crippen molar-refractivity contribution in [1.29, 1.82) is 0 Å². The highest BCUT2D eigenvalue weighted by Crippen LogP contribution is 2.26. The van der Waals surface area contributed by atoms with E-state index < -0.39 is 22.5 Å². The molecule has 0 radical (unpaired) electrons. The van der Waals surface area contributed by atoms with E-state index >= 15 is 0 Å². The maximum atomic E-state index is 12.7. The fourth-order valence-corrected chi connectivity index (χ4v) is 5.02. The summed E-state index contributed by atoms with van der Waals surface area (Å²) in [6.07, 6.45) is 2.61. The lowest BCUT2D eigenvalue weighted by Crippen LogP contribution is -2.31. The zero-order valence-corrected chi connectivity index (χ0v) is 18.1. The van der Waals surface area contributed by atoms with Crippen LogP contribution in [-0.4, -0.2) is 44.1 Å². The molecule has 31 heavy (non-hydrogen) atoms. The van der Waals surface area contributed by atoms with Crippen LogP contribution in [0, 0.1) is 0 Å². The molecule has 0 bridgehead atoms. The van der Waals surface area contributed by atoms with Crippen LogP contribution in [0.15, 0.2) is 58.4 Å².